The van der Waals surface area contributed by atoms with Crippen LogP contribution < -0.4 is 9.62 Å². The van der Waals surface area contributed by atoms with Crippen LogP contribution in [-0.2, 0) is 6.42 Å². The molecule has 0 aliphatic heterocycles. The Morgan fingerprint density at radius 3 is 2.44 bits per heavy atom. The molecule has 0 radical (unpaired) electrons. The first kappa shape index (κ1) is 24.2. The van der Waals surface area contributed by atoms with Crippen LogP contribution in [0.2, 0.25) is 0 Å². The van der Waals surface area contributed by atoms with Crippen molar-refractivity contribution in [3.8, 4) is 22.6 Å². The monoisotopic (exact) mass is 446 g/mol. The van der Waals surface area contributed by atoms with Gasteiger partial charge in [0.1, 0.15) is 12.4 Å². The van der Waals surface area contributed by atoms with Gasteiger partial charge in [-0.1, -0.05) is 25.1 Å². The first-order valence-corrected chi connectivity index (χ1v) is 11.4. The molecule has 2 aromatic rings. The average molecular weight is 447 g/mol. The summed E-state index contributed by atoms with van der Waals surface area (Å²) in [6.07, 6.45) is 6.02. The number of hydrogen-bond acceptors (Lipinski definition) is 4. The lowest BCUT2D eigenvalue weighted by molar-refractivity contribution is -0.137. The molecule has 32 heavy (non-hydrogen) atoms. The van der Waals surface area contributed by atoms with Crippen LogP contribution in [0.25, 0.3) is 11.1 Å². The van der Waals surface area contributed by atoms with Crippen molar-refractivity contribution < 1.29 is 28.8 Å². The van der Waals surface area contributed by atoms with E-state index in [0.717, 1.165) is 55.7 Å². The van der Waals surface area contributed by atoms with E-state index in [1.165, 1.54) is 11.1 Å². The molecule has 0 spiro atoms. The molecule has 1 fully saturated rings. The molecule has 4 nitrogen and oxygen atoms in total. The number of aliphatic hydroxyl groups is 1. The summed E-state index contributed by atoms with van der Waals surface area (Å²) >= 11 is 0. The fourth-order valence-corrected chi connectivity index (χ4v) is 4.72. The second kappa shape index (κ2) is 12.0. The maximum atomic E-state index is 12.3. The molecule has 0 atom stereocenters. The van der Waals surface area contributed by atoms with E-state index < -0.39 is 6.08 Å². The molecule has 0 heterocycles. The molecule has 2 aromatic carbocycles. The summed E-state index contributed by atoms with van der Waals surface area (Å²) in [4.78, 5) is 4.44. The maximum absolute atomic E-state index is 12.3. The van der Waals surface area contributed by atoms with Gasteiger partial charge in [-0.3, -0.25) is 0 Å². The minimum absolute atomic E-state index is 0.0973. The first-order valence-electron chi connectivity index (χ1n) is 11.4. The van der Waals surface area contributed by atoms with E-state index in [1.54, 1.807) is 12.1 Å². The van der Waals surface area contributed by atoms with Crippen molar-refractivity contribution in [2.45, 2.75) is 57.8 Å². The van der Waals surface area contributed by atoms with Crippen LogP contribution in [0.1, 0.15) is 62.5 Å². The number of ether oxygens (including phenoxy) is 1. The zero-order valence-corrected chi connectivity index (χ0v) is 18.5. The molecule has 0 bridgehead atoms. The van der Waals surface area contributed by atoms with Crippen LogP contribution in [0.15, 0.2) is 48.6 Å². The number of halogens is 2. The Morgan fingerprint density at radius 2 is 1.78 bits per heavy atom. The minimum Gasteiger partial charge on any atom is -0.491 e. The first-order chi connectivity index (χ1) is 15.5. The van der Waals surface area contributed by atoms with Crippen LogP contribution in [0, 0.1) is 5.92 Å². The second-order valence-electron chi connectivity index (χ2n) is 8.41. The van der Waals surface area contributed by atoms with E-state index in [4.69, 9.17) is 15.1 Å². The van der Waals surface area contributed by atoms with Gasteiger partial charge in [0.05, 0.1) is 6.61 Å². The molecule has 0 unspecified atom stereocenters. The molecule has 3 rings (SSSR count). The predicted molar refractivity (Wildman–Crippen MR) is 121 cm³/mol. The highest BCUT2D eigenvalue weighted by molar-refractivity contribution is 5.68. The number of allylic oxidation sites excluding steroid dienone is 1. The minimum atomic E-state index is -1.57. The highest BCUT2D eigenvalue weighted by Crippen LogP contribution is 2.40. The molecule has 1 aliphatic rings. The van der Waals surface area contributed by atoms with Gasteiger partial charge in [-0.15, -0.1) is 0 Å². The zero-order chi connectivity index (χ0) is 22.9. The quantitative estimate of drug-likeness (QED) is 0.306. The molecular formula is C26H32F2O4. The van der Waals surface area contributed by atoms with Crippen molar-refractivity contribution in [1.82, 2.24) is 0 Å². The Labute approximate surface area is 188 Å². The van der Waals surface area contributed by atoms with Crippen molar-refractivity contribution in [1.29, 1.82) is 0 Å². The molecular weight excluding hydrogens is 414 g/mol. The topological polar surface area (TPSA) is 58.9 Å². The fourth-order valence-electron chi connectivity index (χ4n) is 4.72. The van der Waals surface area contributed by atoms with Gasteiger partial charge >= 0.3 is 0 Å². The largest absolute Gasteiger partial charge is 0.491 e. The standard InChI is InChI=1S/C26H32F2O4/c1-2-19-14-21(22-15-23(31-13-12-29)17-24(16-22)32-30)10-11-25(19)20-8-6-18(7-9-20)4-3-5-26(27)28/h5,10-11,14-18,20,29-30H,2-4,6-9,12-13H2,1H3. The normalized spacial score (nSPS) is 18.3. The van der Waals surface area contributed by atoms with Gasteiger partial charge in [0.2, 0.25) is 0 Å². The summed E-state index contributed by atoms with van der Waals surface area (Å²) in [5.74, 6) is 1.82. The summed E-state index contributed by atoms with van der Waals surface area (Å²) in [6.45, 7) is 2.21. The van der Waals surface area contributed by atoms with E-state index in [2.05, 4.69) is 30.0 Å². The molecule has 1 saturated carbocycles. The highest BCUT2D eigenvalue weighted by atomic mass is 19.3. The maximum Gasteiger partial charge on any atom is 0.266 e. The lowest BCUT2D eigenvalue weighted by Crippen LogP contribution is -2.14. The van der Waals surface area contributed by atoms with Gasteiger partial charge < -0.3 is 14.7 Å². The van der Waals surface area contributed by atoms with E-state index >= 15 is 0 Å². The Kier molecular flexibility index (Phi) is 9.06. The number of rotatable bonds is 10. The summed E-state index contributed by atoms with van der Waals surface area (Å²) in [6, 6.07) is 11.7. The third-order valence-electron chi connectivity index (χ3n) is 6.36. The third-order valence-corrected chi connectivity index (χ3v) is 6.36. The lowest BCUT2D eigenvalue weighted by Gasteiger charge is -2.30. The van der Waals surface area contributed by atoms with Crippen LogP contribution in [0.4, 0.5) is 8.78 Å². The van der Waals surface area contributed by atoms with Crippen LogP contribution in [0.5, 0.6) is 11.5 Å². The van der Waals surface area contributed by atoms with Gasteiger partial charge in [0.25, 0.3) is 6.08 Å². The van der Waals surface area contributed by atoms with Gasteiger partial charge in [-0.2, -0.15) is 8.78 Å². The number of aryl methyl sites for hydroxylation is 1. The van der Waals surface area contributed by atoms with Crippen LogP contribution in [-0.4, -0.2) is 23.6 Å². The molecule has 0 aromatic heterocycles. The lowest BCUT2D eigenvalue weighted by atomic mass is 9.75. The van der Waals surface area contributed by atoms with Crippen LogP contribution in [0.3, 0.4) is 0 Å². The Balaban J connectivity index is 1.74. The molecule has 2 N–H and O–H groups in total. The molecule has 174 valence electrons. The molecule has 1 aliphatic carbocycles. The van der Waals surface area contributed by atoms with Gasteiger partial charge in [0.15, 0.2) is 5.75 Å². The molecule has 0 amide bonds. The number of aliphatic hydroxyl groups excluding tert-OH is 1. The molecule has 6 heteroatoms. The highest BCUT2D eigenvalue weighted by Gasteiger charge is 2.23. The SMILES string of the molecule is CCc1cc(-c2cc(OO)cc(OCCO)c2)ccc1C1CCC(CCC=C(F)F)CC1. The van der Waals surface area contributed by atoms with E-state index in [0.29, 0.717) is 24.0 Å². The Bertz CT molecular complexity index is 901. The second-order valence-corrected chi connectivity index (χ2v) is 8.41. The summed E-state index contributed by atoms with van der Waals surface area (Å²) in [5.41, 5.74) is 4.53. The molecule has 0 saturated heterocycles. The van der Waals surface area contributed by atoms with Crippen molar-refractivity contribution in [2.24, 2.45) is 5.92 Å². The van der Waals surface area contributed by atoms with Crippen molar-refractivity contribution in [3.05, 3.63) is 59.7 Å². The smallest absolute Gasteiger partial charge is 0.266 e. The van der Waals surface area contributed by atoms with Crippen molar-refractivity contribution in [3.63, 3.8) is 0 Å². The van der Waals surface area contributed by atoms with E-state index in [-0.39, 0.29) is 19.0 Å². The predicted octanol–water partition coefficient (Wildman–Crippen LogP) is 6.97. The van der Waals surface area contributed by atoms with Gasteiger partial charge in [-0.25, -0.2) is 5.26 Å². The number of benzene rings is 2. The van der Waals surface area contributed by atoms with E-state index in [1.807, 2.05) is 6.07 Å². The van der Waals surface area contributed by atoms with E-state index in [9.17, 15) is 8.78 Å². The van der Waals surface area contributed by atoms with Crippen molar-refractivity contribution in [2.75, 3.05) is 13.2 Å². The Hall–Kier alpha value is -2.44. The van der Waals surface area contributed by atoms with Gasteiger partial charge in [0, 0.05) is 6.07 Å². The number of hydrogen-bond donors (Lipinski definition) is 2. The summed E-state index contributed by atoms with van der Waals surface area (Å²) in [5, 5.41) is 18.1. The third kappa shape index (κ3) is 6.53. The fraction of sp³-hybridized carbons (Fsp3) is 0.462. The van der Waals surface area contributed by atoms with Gasteiger partial charge in [-0.05, 0) is 97.2 Å². The summed E-state index contributed by atoms with van der Waals surface area (Å²) < 4.78 is 30.0. The average Bonchev–Trinajstić information content (AvgIpc) is 2.82. The zero-order valence-electron chi connectivity index (χ0n) is 18.5. The van der Waals surface area contributed by atoms with Crippen molar-refractivity contribution >= 4 is 0 Å². The van der Waals surface area contributed by atoms with Crippen LogP contribution >= 0.6 is 0 Å². The summed E-state index contributed by atoms with van der Waals surface area (Å²) in [7, 11) is 0. The Morgan fingerprint density at radius 1 is 1.03 bits per heavy atom.